The molecule has 5 heteroatoms. The van der Waals surface area contributed by atoms with E-state index in [9.17, 15) is 4.79 Å². The predicted octanol–water partition coefficient (Wildman–Crippen LogP) is 1.42. The predicted molar refractivity (Wildman–Crippen MR) is 79.4 cm³/mol. The second kappa shape index (κ2) is 6.29. The van der Waals surface area contributed by atoms with Crippen molar-refractivity contribution in [3.05, 3.63) is 66.0 Å². The molecule has 0 aliphatic carbocycles. The molecule has 1 aromatic carbocycles. The van der Waals surface area contributed by atoms with Crippen molar-refractivity contribution < 1.29 is 4.79 Å². The molecule has 20 heavy (non-hydrogen) atoms. The Morgan fingerprint density at radius 3 is 2.45 bits per heavy atom. The third-order valence-electron chi connectivity index (χ3n) is 2.54. The van der Waals surface area contributed by atoms with Crippen molar-refractivity contribution >= 4 is 23.5 Å². The molecule has 0 radical (unpaired) electrons. The molecule has 4 N–H and O–H groups in total. The highest BCUT2D eigenvalue weighted by Gasteiger charge is 2.11. The fourth-order valence-electron chi connectivity index (χ4n) is 1.68. The van der Waals surface area contributed by atoms with Crippen LogP contribution in [0.3, 0.4) is 0 Å². The van der Waals surface area contributed by atoms with Crippen molar-refractivity contribution in [2.45, 2.75) is 0 Å². The van der Waals surface area contributed by atoms with E-state index in [1.807, 2.05) is 30.3 Å². The molecule has 100 valence electrons. The van der Waals surface area contributed by atoms with Gasteiger partial charge in [0.2, 0.25) is 0 Å². The van der Waals surface area contributed by atoms with Crippen molar-refractivity contribution in [1.82, 2.24) is 4.98 Å². The normalized spacial score (nSPS) is 10.9. The Morgan fingerprint density at radius 1 is 1.10 bits per heavy atom. The lowest BCUT2D eigenvalue weighted by molar-refractivity contribution is -0.112. The second-order valence-electron chi connectivity index (χ2n) is 4.05. The van der Waals surface area contributed by atoms with Crippen LogP contribution in [0.4, 0.5) is 0 Å². The minimum Gasteiger partial charge on any atom is -0.370 e. The van der Waals surface area contributed by atoms with Gasteiger partial charge in [0.05, 0.1) is 5.57 Å². The number of benzene rings is 1. The number of amides is 1. The number of nitrogens with zero attached hydrogens (tertiary/aromatic N) is 2. The summed E-state index contributed by atoms with van der Waals surface area (Å²) in [5.41, 5.74) is 12.5. The zero-order valence-corrected chi connectivity index (χ0v) is 10.7. The van der Waals surface area contributed by atoms with E-state index in [2.05, 4.69) is 9.98 Å². The van der Waals surface area contributed by atoms with Crippen LogP contribution in [0.5, 0.6) is 0 Å². The number of aliphatic imine (C=N–C) groups is 1. The lowest BCUT2D eigenvalue weighted by atomic mass is 10.0. The number of pyridine rings is 1. The molecule has 0 aliphatic heterocycles. The van der Waals surface area contributed by atoms with Gasteiger partial charge in [-0.1, -0.05) is 36.4 Å². The number of aromatic nitrogens is 1. The summed E-state index contributed by atoms with van der Waals surface area (Å²) < 4.78 is 0. The summed E-state index contributed by atoms with van der Waals surface area (Å²) in [6.45, 7) is 0. The number of hydrogen-bond acceptors (Lipinski definition) is 2. The maximum absolute atomic E-state index is 12.1. The Hall–Kier alpha value is -2.95. The topological polar surface area (TPSA) is 94.4 Å². The van der Waals surface area contributed by atoms with E-state index < -0.39 is 5.91 Å². The Labute approximate surface area is 116 Å². The van der Waals surface area contributed by atoms with Gasteiger partial charge in [-0.2, -0.15) is 4.99 Å². The third-order valence-corrected chi connectivity index (χ3v) is 2.54. The molecule has 2 rings (SSSR count). The second-order valence-corrected chi connectivity index (χ2v) is 4.05. The molecular weight excluding hydrogens is 252 g/mol. The van der Waals surface area contributed by atoms with Crippen LogP contribution in [0, 0.1) is 0 Å². The van der Waals surface area contributed by atoms with Gasteiger partial charge in [-0.3, -0.25) is 9.78 Å². The van der Waals surface area contributed by atoms with E-state index in [-0.39, 0.29) is 5.96 Å². The SMILES string of the molecule is NC(N)=NC(=O)/C(=C/c1ccccc1)c1cccnc1. The van der Waals surface area contributed by atoms with Gasteiger partial charge in [0.25, 0.3) is 5.91 Å². The molecule has 1 amide bonds. The van der Waals surface area contributed by atoms with Crippen LogP contribution < -0.4 is 11.5 Å². The van der Waals surface area contributed by atoms with E-state index in [0.717, 1.165) is 5.56 Å². The molecule has 0 fully saturated rings. The summed E-state index contributed by atoms with van der Waals surface area (Å²) in [5, 5.41) is 0. The van der Waals surface area contributed by atoms with Crippen LogP contribution in [0.1, 0.15) is 11.1 Å². The Balaban J connectivity index is 2.48. The molecule has 0 unspecified atom stereocenters. The molecule has 0 spiro atoms. The molecule has 1 aromatic heterocycles. The molecule has 0 saturated heterocycles. The minimum absolute atomic E-state index is 0.266. The summed E-state index contributed by atoms with van der Waals surface area (Å²) in [5.74, 6) is -0.764. The standard InChI is InChI=1S/C15H14N4O/c16-15(17)19-14(20)13(12-7-4-8-18-10-12)9-11-5-2-1-3-6-11/h1-10H,(H4,16,17,19,20)/b13-9+. The van der Waals surface area contributed by atoms with E-state index in [1.54, 1.807) is 30.6 Å². The van der Waals surface area contributed by atoms with Gasteiger partial charge < -0.3 is 11.5 Å². The fourth-order valence-corrected chi connectivity index (χ4v) is 1.68. The van der Waals surface area contributed by atoms with Crippen LogP contribution in [-0.2, 0) is 4.79 Å². The number of hydrogen-bond donors (Lipinski definition) is 2. The lowest BCUT2D eigenvalue weighted by Crippen LogP contribution is -2.24. The highest BCUT2D eigenvalue weighted by atomic mass is 16.1. The van der Waals surface area contributed by atoms with Crippen molar-refractivity contribution in [3.8, 4) is 0 Å². The zero-order valence-electron chi connectivity index (χ0n) is 10.7. The molecule has 0 bridgehead atoms. The third kappa shape index (κ3) is 3.52. The zero-order chi connectivity index (χ0) is 14.4. The molecule has 0 saturated carbocycles. The molecule has 0 aliphatic rings. The first-order valence-corrected chi connectivity index (χ1v) is 5.98. The monoisotopic (exact) mass is 266 g/mol. The lowest BCUT2D eigenvalue weighted by Gasteiger charge is -2.04. The summed E-state index contributed by atoms with van der Waals surface area (Å²) in [6, 6.07) is 13.0. The van der Waals surface area contributed by atoms with Crippen LogP contribution in [-0.4, -0.2) is 16.9 Å². The largest absolute Gasteiger partial charge is 0.370 e. The Bertz CT molecular complexity index is 644. The highest BCUT2D eigenvalue weighted by Crippen LogP contribution is 2.18. The van der Waals surface area contributed by atoms with Gasteiger partial charge in [-0.15, -0.1) is 0 Å². The van der Waals surface area contributed by atoms with Crippen LogP contribution >= 0.6 is 0 Å². The average molecular weight is 266 g/mol. The van der Waals surface area contributed by atoms with E-state index in [4.69, 9.17) is 11.5 Å². The van der Waals surface area contributed by atoms with Crippen LogP contribution in [0.2, 0.25) is 0 Å². The first kappa shape index (κ1) is 13.5. The van der Waals surface area contributed by atoms with E-state index >= 15 is 0 Å². The van der Waals surface area contributed by atoms with E-state index in [0.29, 0.717) is 11.1 Å². The number of carbonyl (C=O) groups is 1. The van der Waals surface area contributed by atoms with Crippen molar-refractivity contribution in [3.63, 3.8) is 0 Å². The molecule has 2 aromatic rings. The van der Waals surface area contributed by atoms with E-state index in [1.165, 1.54) is 0 Å². The van der Waals surface area contributed by atoms with Gasteiger partial charge in [0, 0.05) is 18.0 Å². The van der Waals surface area contributed by atoms with Crippen LogP contribution in [0.15, 0.2) is 59.9 Å². The van der Waals surface area contributed by atoms with Crippen molar-refractivity contribution in [2.24, 2.45) is 16.5 Å². The smallest absolute Gasteiger partial charge is 0.280 e. The molecule has 5 nitrogen and oxygen atoms in total. The maximum atomic E-state index is 12.1. The summed E-state index contributed by atoms with van der Waals surface area (Å²) in [4.78, 5) is 19.7. The van der Waals surface area contributed by atoms with Crippen LogP contribution in [0.25, 0.3) is 11.6 Å². The van der Waals surface area contributed by atoms with Gasteiger partial charge in [-0.25, -0.2) is 0 Å². The average Bonchev–Trinajstić information content (AvgIpc) is 2.46. The first-order valence-electron chi connectivity index (χ1n) is 5.98. The minimum atomic E-state index is -0.498. The number of rotatable bonds is 3. The van der Waals surface area contributed by atoms with Gasteiger partial charge in [-0.05, 0) is 17.7 Å². The van der Waals surface area contributed by atoms with Gasteiger partial charge in [0.1, 0.15) is 0 Å². The quantitative estimate of drug-likeness (QED) is 0.499. The van der Waals surface area contributed by atoms with Crippen molar-refractivity contribution in [2.75, 3.05) is 0 Å². The van der Waals surface area contributed by atoms with Gasteiger partial charge >= 0.3 is 0 Å². The number of guanidine groups is 1. The first-order chi connectivity index (χ1) is 9.66. The molecular formula is C15H14N4O. The Kier molecular flexibility index (Phi) is 4.24. The summed E-state index contributed by atoms with van der Waals surface area (Å²) in [7, 11) is 0. The number of carbonyl (C=O) groups excluding carboxylic acids is 1. The van der Waals surface area contributed by atoms with Gasteiger partial charge in [0.15, 0.2) is 5.96 Å². The Morgan fingerprint density at radius 2 is 1.85 bits per heavy atom. The maximum Gasteiger partial charge on any atom is 0.280 e. The molecule has 1 heterocycles. The highest BCUT2D eigenvalue weighted by molar-refractivity contribution is 6.26. The fraction of sp³-hybridized carbons (Fsp3) is 0. The number of nitrogens with two attached hydrogens (primary N) is 2. The molecule has 0 atom stereocenters. The van der Waals surface area contributed by atoms with Crippen molar-refractivity contribution in [1.29, 1.82) is 0 Å². The summed E-state index contributed by atoms with van der Waals surface area (Å²) in [6.07, 6.45) is 4.95. The summed E-state index contributed by atoms with van der Waals surface area (Å²) >= 11 is 0.